The van der Waals surface area contributed by atoms with Gasteiger partial charge in [-0.25, -0.2) is 4.98 Å². The van der Waals surface area contributed by atoms with E-state index in [1.54, 1.807) is 12.3 Å². The predicted octanol–water partition coefficient (Wildman–Crippen LogP) is 3.85. The lowest BCUT2D eigenvalue weighted by Crippen LogP contribution is -1.79. The first kappa shape index (κ1) is 10.3. The Labute approximate surface area is 103 Å². The van der Waals surface area contributed by atoms with Crippen LogP contribution >= 0.6 is 11.6 Å². The van der Waals surface area contributed by atoms with Gasteiger partial charge in [-0.1, -0.05) is 29.3 Å². The van der Waals surface area contributed by atoms with E-state index in [2.05, 4.69) is 9.97 Å². The maximum atomic E-state index is 5.85. The molecular weight excluding hydrogens is 236 g/mol. The van der Waals surface area contributed by atoms with Crippen molar-refractivity contribution in [1.29, 1.82) is 0 Å². The van der Waals surface area contributed by atoms with E-state index in [-0.39, 0.29) is 0 Å². The molecule has 17 heavy (non-hydrogen) atoms. The van der Waals surface area contributed by atoms with Gasteiger partial charge in [0.05, 0.1) is 5.02 Å². The maximum absolute atomic E-state index is 5.85. The third kappa shape index (κ3) is 1.89. The van der Waals surface area contributed by atoms with Crippen molar-refractivity contribution >= 4 is 22.8 Å². The van der Waals surface area contributed by atoms with Crippen molar-refractivity contribution in [3.63, 3.8) is 0 Å². The zero-order valence-electron chi connectivity index (χ0n) is 9.14. The van der Waals surface area contributed by atoms with Crippen LogP contribution in [-0.2, 0) is 0 Å². The first-order valence-corrected chi connectivity index (χ1v) is 5.59. The number of rotatable bonds is 1. The van der Waals surface area contributed by atoms with Gasteiger partial charge in [-0.3, -0.25) is 0 Å². The van der Waals surface area contributed by atoms with E-state index in [1.807, 2.05) is 31.2 Å². The van der Waals surface area contributed by atoms with Gasteiger partial charge in [0.25, 0.3) is 0 Å². The number of nitrogens with zero attached hydrogens (tertiary/aromatic N) is 2. The number of benzene rings is 1. The number of hydrogen-bond donors (Lipinski definition) is 0. The number of halogens is 1. The molecule has 0 aliphatic heterocycles. The minimum absolute atomic E-state index is 0.546. The average Bonchev–Trinajstić information content (AvgIpc) is 2.72. The Morgan fingerprint density at radius 3 is 2.94 bits per heavy atom. The number of aromatic nitrogens is 2. The maximum Gasteiger partial charge on any atom is 0.228 e. The van der Waals surface area contributed by atoms with E-state index in [0.717, 1.165) is 11.1 Å². The Bertz CT molecular complexity index is 691. The molecule has 3 nitrogen and oxygen atoms in total. The lowest BCUT2D eigenvalue weighted by molar-refractivity contribution is 0.619. The van der Waals surface area contributed by atoms with Gasteiger partial charge >= 0.3 is 0 Å². The normalized spacial score (nSPS) is 10.9. The van der Waals surface area contributed by atoms with Crippen molar-refractivity contribution in [3.8, 4) is 11.5 Å². The molecule has 0 spiro atoms. The molecule has 3 rings (SSSR count). The molecule has 0 N–H and O–H groups in total. The summed E-state index contributed by atoms with van der Waals surface area (Å²) in [6.07, 6.45) is 1.56. The van der Waals surface area contributed by atoms with Crippen LogP contribution in [0, 0.1) is 6.92 Å². The fourth-order valence-corrected chi connectivity index (χ4v) is 1.85. The molecule has 0 atom stereocenters. The molecule has 0 saturated carbocycles. The fourth-order valence-electron chi connectivity index (χ4n) is 1.70. The van der Waals surface area contributed by atoms with E-state index < -0.39 is 0 Å². The number of oxazole rings is 1. The second-order valence-electron chi connectivity index (χ2n) is 3.86. The summed E-state index contributed by atoms with van der Waals surface area (Å²) in [6.45, 7) is 2.03. The van der Waals surface area contributed by atoms with Crippen LogP contribution in [0.5, 0.6) is 0 Å². The highest BCUT2D eigenvalue weighted by Crippen LogP contribution is 2.25. The van der Waals surface area contributed by atoms with Crippen LogP contribution in [0.3, 0.4) is 0 Å². The molecule has 3 aromatic rings. The number of hydrogen-bond acceptors (Lipinski definition) is 3. The van der Waals surface area contributed by atoms with E-state index >= 15 is 0 Å². The van der Waals surface area contributed by atoms with Gasteiger partial charge in [-0.2, -0.15) is 4.98 Å². The number of pyridine rings is 1. The van der Waals surface area contributed by atoms with E-state index in [4.69, 9.17) is 16.0 Å². The summed E-state index contributed by atoms with van der Waals surface area (Å²) in [7, 11) is 0. The predicted molar refractivity (Wildman–Crippen MR) is 67.0 cm³/mol. The summed E-state index contributed by atoms with van der Waals surface area (Å²) in [4.78, 5) is 8.44. The van der Waals surface area contributed by atoms with Crippen molar-refractivity contribution in [2.24, 2.45) is 0 Å². The molecule has 0 fully saturated rings. The minimum atomic E-state index is 0.546. The topological polar surface area (TPSA) is 38.9 Å². The second-order valence-corrected chi connectivity index (χ2v) is 4.30. The van der Waals surface area contributed by atoms with E-state index in [1.165, 1.54) is 0 Å². The Hall–Kier alpha value is -1.87. The van der Waals surface area contributed by atoms with Crippen LogP contribution in [0.25, 0.3) is 22.7 Å². The summed E-state index contributed by atoms with van der Waals surface area (Å²) >= 11 is 5.85. The quantitative estimate of drug-likeness (QED) is 0.653. The zero-order valence-corrected chi connectivity index (χ0v) is 9.90. The number of fused-ring (bicyclic) bond motifs is 1. The summed E-state index contributed by atoms with van der Waals surface area (Å²) in [5, 5.41) is 0.546. The molecule has 2 aromatic heterocycles. The fraction of sp³-hybridized carbons (Fsp3) is 0.0769. The Kier molecular flexibility index (Phi) is 2.34. The Balaban J connectivity index is 2.18. The largest absolute Gasteiger partial charge is 0.434 e. The third-order valence-electron chi connectivity index (χ3n) is 2.48. The highest BCUT2D eigenvalue weighted by atomic mass is 35.5. The van der Waals surface area contributed by atoms with Crippen LogP contribution in [-0.4, -0.2) is 9.97 Å². The van der Waals surface area contributed by atoms with Gasteiger partial charge in [0.2, 0.25) is 5.89 Å². The SMILES string of the molecule is Cc1cccc(-c2nc3ncc(Cl)cc3o2)c1. The zero-order chi connectivity index (χ0) is 11.8. The Morgan fingerprint density at radius 2 is 2.12 bits per heavy atom. The standard InChI is InChI=1S/C13H9ClN2O/c1-8-3-2-4-9(5-8)13-16-12-11(17-13)6-10(14)7-15-12/h2-7H,1H3. The van der Waals surface area contributed by atoms with Gasteiger partial charge in [-0.15, -0.1) is 0 Å². The van der Waals surface area contributed by atoms with Crippen LogP contribution in [0.2, 0.25) is 5.02 Å². The van der Waals surface area contributed by atoms with Crippen LogP contribution in [0.15, 0.2) is 40.9 Å². The molecule has 4 heteroatoms. The highest BCUT2D eigenvalue weighted by Gasteiger charge is 2.09. The molecule has 0 amide bonds. The molecule has 0 aliphatic rings. The summed E-state index contributed by atoms with van der Waals surface area (Å²) in [5.74, 6) is 0.568. The smallest absolute Gasteiger partial charge is 0.228 e. The molecule has 0 bridgehead atoms. The van der Waals surface area contributed by atoms with Crippen molar-refractivity contribution in [3.05, 3.63) is 47.1 Å². The van der Waals surface area contributed by atoms with Crippen molar-refractivity contribution < 1.29 is 4.42 Å². The molecule has 0 saturated heterocycles. The second kappa shape index (κ2) is 3.86. The van der Waals surface area contributed by atoms with Gasteiger partial charge in [-0.05, 0) is 19.1 Å². The minimum Gasteiger partial charge on any atom is -0.434 e. The molecule has 84 valence electrons. The van der Waals surface area contributed by atoms with E-state index in [9.17, 15) is 0 Å². The molecule has 0 unspecified atom stereocenters. The monoisotopic (exact) mass is 244 g/mol. The van der Waals surface area contributed by atoms with Crippen LogP contribution < -0.4 is 0 Å². The average molecular weight is 245 g/mol. The van der Waals surface area contributed by atoms with Crippen LogP contribution in [0.1, 0.15) is 5.56 Å². The first-order valence-electron chi connectivity index (χ1n) is 5.21. The molecule has 1 aromatic carbocycles. The highest BCUT2D eigenvalue weighted by molar-refractivity contribution is 6.30. The molecule has 2 heterocycles. The van der Waals surface area contributed by atoms with Crippen LogP contribution in [0.4, 0.5) is 0 Å². The molecule has 0 aliphatic carbocycles. The third-order valence-corrected chi connectivity index (χ3v) is 2.69. The summed E-state index contributed by atoms with van der Waals surface area (Å²) < 4.78 is 5.63. The molecular formula is C13H9ClN2O. The van der Waals surface area contributed by atoms with Gasteiger partial charge in [0.15, 0.2) is 11.2 Å². The van der Waals surface area contributed by atoms with Gasteiger partial charge in [0, 0.05) is 17.8 Å². The first-order chi connectivity index (χ1) is 8.22. The van der Waals surface area contributed by atoms with Crippen molar-refractivity contribution in [2.45, 2.75) is 6.92 Å². The lowest BCUT2D eigenvalue weighted by atomic mass is 10.1. The van der Waals surface area contributed by atoms with Gasteiger partial charge in [0.1, 0.15) is 0 Å². The Morgan fingerprint density at radius 1 is 1.24 bits per heavy atom. The summed E-state index contributed by atoms with van der Waals surface area (Å²) in [6, 6.07) is 9.70. The van der Waals surface area contributed by atoms with Crippen molar-refractivity contribution in [2.75, 3.05) is 0 Å². The van der Waals surface area contributed by atoms with E-state index in [0.29, 0.717) is 22.1 Å². The summed E-state index contributed by atoms with van der Waals surface area (Å²) in [5.41, 5.74) is 3.29. The molecule has 0 radical (unpaired) electrons. The van der Waals surface area contributed by atoms with Gasteiger partial charge < -0.3 is 4.42 Å². The lowest BCUT2D eigenvalue weighted by Gasteiger charge is -1.95. The number of aryl methyl sites for hydroxylation is 1. The van der Waals surface area contributed by atoms with Crippen molar-refractivity contribution in [1.82, 2.24) is 9.97 Å².